The van der Waals surface area contributed by atoms with Gasteiger partial charge in [-0.25, -0.2) is 0 Å². The van der Waals surface area contributed by atoms with Crippen LogP contribution in [0.5, 0.6) is 0 Å². The van der Waals surface area contributed by atoms with E-state index in [4.69, 9.17) is 0 Å². The van der Waals surface area contributed by atoms with Gasteiger partial charge in [-0.15, -0.1) is 0 Å². The molecular formula is C26H33N3O2. The summed E-state index contributed by atoms with van der Waals surface area (Å²) in [6.07, 6.45) is 8.73. The van der Waals surface area contributed by atoms with E-state index < -0.39 is 0 Å². The maximum absolute atomic E-state index is 12.8. The Morgan fingerprint density at radius 3 is 2.39 bits per heavy atom. The van der Waals surface area contributed by atoms with Crippen molar-refractivity contribution in [2.75, 3.05) is 26.2 Å². The lowest BCUT2D eigenvalue weighted by molar-refractivity contribution is 0.0953. The number of fused-ring (bicyclic) bond motifs is 3. The van der Waals surface area contributed by atoms with Crippen molar-refractivity contribution in [1.82, 2.24) is 16.0 Å². The normalized spacial score (nSPS) is 15.5. The molecule has 2 aliphatic carbocycles. The molecule has 2 aliphatic rings. The van der Waals surface area contributed by atoms with E-state index in [0.29, 0.717) is 29.3 Å². The van der Waals surface area contributed by atoms with Crippen LogP contribution >= 0.6 is 0 Å². The third-order valence-corrected chi connectivity index (χ3v) is 6.40. The van der Waals surface area contributed by atoms with Crippen LogP contribution in [0.4, 0.5) is 0 Å². The summed E-state index contributed by atoms with van der Waals surface area (Å²) in [4.78, 5) is 25.4. The van der Waals surface area contributed by atoms with Crippen molar-refractivity contribution in [1.29, 1.82) is 0 Å². The molecule has 0 atom stereocenters. The van der Waals surface area contributed by atoms with E-state index in [-0.39, 0.29) is 11.7 Å². The zero-order valence-corrected chi connectivity index (χ0v) is 18.2. The van der Waals surface area contributed by atoms with E-state index >= 15 is 0 Å². The average Bonchev–Trinajstić information content (AvgIpc) is 3.11. The highest BCUT2D eigenvalue weighted by Gasteiger charge is 2.29. The lowest BCUT2D eigenvalue weighted by Crippen LogP contribution is -2.36. The molecule has 4 rings (SSSR count). The summed E-state index contributed by atoms with van der Waals surface area (Å²) in [5.41, 5.74) is 3.52. The SMILES string of the molecule is O=C(NCCCCNCCNC1CCCCC1)c1cccc2c1-c1ccccc1C2=O. The predicted molar refractivity (Wildman–Crippen MR) is 125 cm³/mol. The first-order valence-corrected chi connectivity index (χ1v) is 11.7. The number of nitrogens with one attached hydrogen (secondary N) is 3. The Hall–Kier alpha value is -2.50. The zero-order valence-electron chi connectivity index (χ0n) is 18.2. The van der Waals surface area contributed by atoms with Gasteiger partial charge in [-0.05, 0) is 43.9 Å². The van der Waals surface area contributed by atoms with Gasteiger partial charge in [0.25, 0.3) is 5.91 Å². The van der Waals surface area contributed by atoms with Crippen LogP contribution in [0.1, 0.15) is 71.2 Å². The minimum Gasteiger partial charge on any atom is -0.352 e. The predicted octanol–water partition coefficient (Wildman–Crippen LogP) is 3.92. The van der Waals surface area contributed by atoms with Crippen molar-refractivity contribution in [3.63, 3.8) is 0 Å². The molecular weight excluding hydrogens is 386 g/mol. The number of amides is 1. The number of hydrogen-bond acceptors (Lipinski definition) is 4. The van der Waals surface area contributed by atoms with E-state index in [2.05, 4.69) is 16.0 Å². The van der Waals surface area contributed by atoms with Gasteiger partial charge in [0, 0.05) is 47.9 Å². The van der Waals surface area contributed by atoms with Crippen molar-refractivity contribution in [3.05, 3.63) is 59.2 Å². The van der Waals surface area contributed by atoms with Crippen LogP contribution in [-0.4, -0.2) is 43.9 Å². The van der Waals surface area contributed by atoms with E-state index in [1.807, 2.05) is 36.4 Å². The summed E-state index contributed by atoms with van der Waals surface area (Å²) in [5.74, 6) is -0.102. The van der Waals surface area contributed by atoms with E-state index in [9.17, 15) is 9.59 Å². The molecule has 0 aliphatic heterocycles. The van der Waals surface area contributed by atoms with Crippen LogP contribution in [0.25, 0.3) is 11.1 Å². The molecule has 1 fully saturated rings. The first kappa shape index (κ1) is 21.7. The highest BCUT2D eigenvalue weighted by atomic mass is 16.1. The van der Waals surface area contributed by atoms with Crippen LogP contribution < -0.4 is 16.0 Å². The molecule has 0 radical (unpaired) electrons. The second kappa shape index (κ2) is 10.7. The van der Waals surface area contributed by atoms with Crippen molar-refractivity contribution in [2.45, 2.75) is 51.0 Å². The first-order chi connectivity index (χ1) is 15.3. The largest absolute Gasteiger partial charge is 0.352 e. The van der Waals surface area contributed by atoms with E-state index in [1.54, 1.807) is 6.07 Å². The van der Waals surface area contributed by atoms with Gasteiger partial charge in [0.2, 0.25) is 0 Å². The molecule has 5 heteroatoms. The van der Waals surface area contributed by atoms with Crippen LogP contribution in [0.3, 0.4) is 0 Å². The summed E-state index contributed by atoms with van der Waals surface area (Å²) in [7, 11) is 0. The van der Waals surface area contributed by atoms with Crippen LogP contribution in [0, 0.1) is 0 Å². The molecule has 3 N–H and O–H groups in total. The Morgan fingerprint density at radius 1 is 0.806 bits per heavy atom. The van der Waals surface area contributed by atoms with Gasteiger partial charge in [-0.2, -0.15) is 0 Å². The Bertz CT molecular complexity index is 919. The fraction of sp³-hybridized carbons (Fsp3) is 0.462. The Morgan fingerprint density at radius 2 is 1.55 bits per heavy atom. The summed E-state index contributed by atoms with van der Waals surface area (Å²) in [5, 5.41) is 10.2. The van der Waals surface area contributed by atoms with Gasteiger partial charge in [0.05, 0.1) is 0 Å². The molecule has 2 aromatic rings. The van der Waals surface area contributed by atoms with Gasteiger partial charge in [-0.3, -0.25) is 9.59 Å². The van der Waals surface area contributed by atoms with Crippen LogP contribution in [0.2, 0.25) is 0 Å². The fourth-order valence-corrected chi connectivity index (χ4v) is 4.73. The molecule has 0 spiro atoms. The van der Waals surface area contributed by atoms with E-state index in [1.165, 1.54) is 32.1 Å². The zero-order chi connectivity index (χ0) is 21.5. The number of carbonyl (C=O) groups excluding carboxylic acids is 2. The topological polar surface area (TPSA) is 70.2 Å². The maximum atomic E-state index is 12.8. The van der Waals surface area contributed by atoms with Gasteiger partial charge in [-0.1, -0.05) is 55.7 Å². The second-order valence-corrected chi connectivity index (χ2v) is 8.60. The molecule has 0 bridgehead atoms. The molecule has 2 aromatic carbocycles. The lowest BCUT2D eigenvalue weighted by Gasteiger charge is -2.22. The van der Waals surface area contributed by atoms with Crippen molar-refractivity contribution in [3.8, 4) is 11.1 Å². The number of benzene rings is 2. The molecule has 31 heavy (non-hydrogen) atoms. The third kappa shape index (κ3) is 5.23. The van der Waals surface area contributed by atoms with Gasteiger partial charge in [0.1, 0.15) is 0 Å². The van der Waals surface area contributed by atoms with Gasteiger partial charge in [0.15, 0.2) is 5.78 Å². The summed E-state index contributed by atoms with van der Waals surface area (Å²) in [6, 6.07) is 13.7. The van der Waals surface area contributed by atoms with Crippen molar-refractivity contribution < 1.29 is 9.59 Å². The molecule has 0 unspecified atom stereocenters. The Kier molecular flexibility index (Phi) is 7.49. The Labute approximate surface area is 185 Å². The molecule has 5 nitrogen and oxygen atoms in total. The molecule has 0 aromatic heterocycles. The van der Waals surface area contributed by atoms with Crippen molar-refractivity contribution >= 4 is 11.7 Å². The number of hydrogen-bond donors (Lipinski definition) is 3. The quantitative estimate of drug-likeness (QED) is 0.436. The molecule has 0 heterocycles. The fourth-order valence-electron chi connectivity index (χ4n) is 4.73. The molecule has 1 saturated carbocycles. The monoisotopic (exact) mass is 419 g/mol. The standard InChI is InChI=1S/C26H33N3O2/c30-25-21-12-5-4-11-20(21)24-22(25)13-8-14-23(24)26(31)29-16-7-6-15-27-17-18-28-19-9-2-1-3-10-19/h4-5,8,11-14,19,27-28H,1-3,6-7,9-10,15-18H2,(H,29,31). The van der Waals surface area contributed by atoms with Gasteiger partial charge < -0.3 is 16.0 Å². The maximum Gasteiger partial charge on any atom is 0.251 e. The van der Waals surface area contributed by atoms with Crippen LogP contribution in [-0.2, 0) is 0 Å². The lowest BCUT2D eigenvalue weighted by atomic mass is 9.95. The number of carbonyl (C=O) groups is 2. The Balaban J connectivity index is 1.17. The molecule has 0 saturated heterocycles. The smallest absolute Gasteiger partial charge is 0.251 e. The average molecular weight is 420 g/mol. The third-order valence-electron chi connectivity index (χ3n) is 6.40. The summed E-state index contributed by atoms with van der Waals surface area (Å²) < 4.78 is 0. The molecule has 1 amide bonds. The highest BCUT2D eigenvalue weighted by molar-refractivity contribution is 6.24. The van der Waals surface area contributed by atoms with Gasteiger partial charge >= 0.3 is 0 Å². The first-order valence-electron chi connectivity index (χ1n) is 11.7. The highest BCUT2D eigenvalue weighted by Crippen LogP contribution is 2.38. The van der Waals surface area contributed by atoms with Crippen molar-refractivity contribution in [2.24, 2.45) is 0 Å². The minimum atomic E-state index is -0.106. The minimum absolute atomic E-state index is 0.00398. The van der Waals surface area contributed by atoms with Crippen LogP contribution in [0.15, 0.2) is 42.5 Å². The summed E-state index contributed by atoms with van der Waals surface area (Å²) >= 11 is 0. The second-order valence-electron chi connectivity index (χ2n) is 8.60. The molecule has 164 valence electrons. The van der Waals surface area contributed by atoms with E-state index in [0.717, 1.165) is 43.6 Å². The number of rotatable bonds is 10. The number of ketones is 1. The number of unbranched alkanes of at least 4 members (excludes halogenated alkanes) is 1. The summed E-state index contributed by atoms with van der Waals surface area (Å²) in [6.45, 7) is 3.62.